The van der Waals surface area contributed by atoms with Gasteiger partial charge in [0.2, 0.25) is 0 Å². The summed E-state index contributed by atoms with van der Waals surface area (Å²) in [5.74, 6) is -0.350. The third-order valence-corrected chi connectivity index (χ3v) is 2.82. The first-order valence-corrected chi connectivity index (χ1v) is 6.27. The maximum atomic E-state index is 12.0. The summed E-state index contributed by atoms with van der Waals surface area (Å²) < 4.78 is 11.9. The molecule has 0 aliphatic carbocycles. The summed E-state index contributed by atoms with van der Waals surface area (Å²) >= 11 is 0. The molecule has 0 saturated heterocycles. The molecular formula is C14H17N3O3. The summed E-state index contributed by atoms with van der Waals surface area (Å²) in [5, 5.41) is 4.05. The van der Waals surface area contributed by atoms with Gasteiger partial charge >= 0.3 is 5.97 Å². The lowest BCUT2D eigenvalue weighted by Crippen LogP contribution is -2.20. The van der Waals surface area contributed by atoms with Gasteiger partial charge in [-0.2, -0.15) is 5.10 Å². The van der Waals surface area contributed by atoms with Crippen LogP contribution in [0.1, 0.15) is 22.8 Å². The van der Waals surface area contributed by atoms with E-state index in [-0.39, 0.29) is 12.1 Å². The van der Waals surface area contributed by atoms with Crippen LogP contribution in [0.25, 0.3) is 5.69 Å². The summed E-state index contributed by atoms with van der Waals surface area (Å²) in [6.45, 7) is 4.03. The smallest absolute Gasteiger partial charge is 0.338 e. The van der Waals surface area contributed by atoms with E-state index in [2.05, 4.69) is 10.1 Å². The van der Waals surface area contributed by atoms with Crippen molar-refractivity contribution in [2.24, 2.45) is 0 Å². The molecule has 2 rings (SSSR count). The SMILES string of the molecule is COC[C@@H](C)OC(=O)c1ccc(-n2cncn2)cc1C. The van der Waals surface area contributed by atoms with Gasteiger partial charge in [0.15, 0.2) is 0 Å². The second-order valence-corrected chi connectivity index (χ2v) is 4.51. The van der Waals surface area contributed by atoms with Gasteiger partial charge in [-0.15, -0.1) is 0 Å². The molecule has 0 saturated carbocycles. The Hall–Kier alpha value is -2.21. The first-order valence-electron chi connectivity index (χ1n) is 6.27. The molecule has 106 valence electrons. The Kier molecular flexibility index (Phi) is 4.47. The second kappa shape index (κ2) is 6.29. The molecule has 0 unspecified atom stereocenters. The number of methoxy groups -OCH3 is 1. The highest BCUT2D eigenvalue weighted by atomic mass is 16.6. The van der Waals surface area contributed by atoms with Crippen molar-refractivity contribution in [2.75, 3.05) is 13.7 Å². The fourth-order valence-electron chi connectivity index (χ4n) is 1.88. The van der Waals surface area contributed by atoms with E-state index in [0.717, 1.165) is 11.3 Å². The molecule has 0 fully saturated rings. The molecule has 1 aromatic heterocycles. The number of hydrogen-bond donors (Lipinski definition) is 0. The molecule has 0 aliphatic heterocycles. The number of esters is 1. The lowest BCUT2D eigenvalue weighted by Gasteiger charge is -2.13. The molecule has 1 heterocycles. The summed E-state index contributed by atoms with van der Waals surface area (Å²) in [4.78, 5) is 15.9. The van der Waals surface area contributed by atoms with Crippen molar-refractivity contribution >= 4 is 5.97 Å². The lowest BCUT2D eigenvalue weighted by atomic mass is 10.1. The van der Waals surface area contributed by atoms with Crippen molar-refractivity contribution < 1.29 is 14.3 Å². The zero-order valence-electron chi connectivity index (χ0n) is 11.7. The van der Waals surface area contributed by atoms with E-state index >= 15 is 0 Å². The van der Waals surface area contributed by atoms with Crippen molar-refractivity contribution in [3.8, 4) is 5.69 Å². The monoisotopic (exact) mass is 275 g/mol. The fraction of sp³-hybridized carbons (Fsp3) is 0.357. The van der Waals surface area contributed by atoms with Gasteiger partial charge in [-0.05, 0) is 37.6 Å². The Bertz CT molecular complexity index is 581. The minimum absolute atomic E-state index is 0.276. The summed E-state index contributed by atoms with van der Waals surface area (Å²) in [7, 11) is 1.57. The molecule has 1 atom stereocenters. The molecule has 0 bridgehead atoms. The van der Waals surface area contributed by atoms with E-state index in [1.165, 1.54) is 6.33 Å². The number of hydrogen-bond acceptors (Lipinski definition) is 5. The highest BCUT2D eigenvalue weighted by Crippen LogP contribution is 2.15. The van der Waals surface area contributed by atoms with E-state index in [1.54, 1.807) is 37.2 Å². The standard InChI is InChI=1S/C14H17N3O3/c1-10-6-12(17-9-15-8-16-17)4-5-13(10)14(18)20-11(2)7-19-3/h4-6,8-9,11H,7H2,1-3H3/t11-/m1/s1. The van der Waals surface area contributed by atoms with Gasteiger partial charge < -0.3 is 9.47 Å². The number of nitrogens with zero attached hydrogens (tertiary/aromatic N) is 3. The number of rotatable bonds is 5. The number of aromatic nitrogens is 3. The van der Waals surface area contributed by atoms with E-state index in [1.807, 2.05) is 13.0 Å². The van der Waals surface area contributed by atoms with Crippen molar-refractivity contribution in [1.82, 2.24) is 14.8 Å². The van der Waals surface area contributed by atoms with Crippen molar-refractivity contribution in [1.29, 1.82) is 0 Å². The maximum Gasteiger partial charge on any atom is 0.338 e. The summed E-state index contributed by atoms with van der Waals surface area (Å²) in [5.41, 5.74) is 2.21. The van der Waals surface area contributed by atoms with Gasteiger partial charge in [0.1, 0.15) is 18.8 Å². The maximum absolute atomic E-state index is 12.0. The molecule has 1 aromatic carbocycles. The molecule has 6 nitrogen and oxygen atoms in total. The third-order valence-electron chi connectivity index (χ3n) is 2.82. The van der Waals surface area contributed by atoms with Gasteiger partial charge in [0.05, 0.1) is 17.9 Å². The Balaban J connectivity index is 2.15. The van der Waals surface area contributed by atoms with Gasteiger partial charge in [0, 0.05) is 7.11 Å². The van der Waals surface area contributed by atoms with Crippen molar-refractivity contribution in [3.63, 3.8) is 0 Å². The van der Waals surface area contributed by atoms with Crippen LogP contribution in [0.15, 0.2) is 30.9 Å². The van der Waals surface area contributed by atoms with Crippen molar-refractivity contribution in [2.45, 2.75) is 20.0 Å². The van der Waals surface area contributed by atoms with Gasteiger partial charge in [0.25, 0.3) is 0 Å². The van der Waals surface area contributed by atoms with E-state index in [9.17, 15) is 4.79 Å². The predicted octanol–water partition coefficient (Wildman–Crippen LogP) is 1.77. The third kappa shape index (κ3) is 3.21. The first kappa shape index (κ1) is 14.2. The summed E-state index contributed by atoms with van der Waals surface area (Å²) in [6.07, 6.45) is 2.79. The van der Waals surface area contributed by atoms with Gasteiger partial charge in [-0.25, -0.2) is 14.5 Å². The average molecular weight is 275 g/mol. The molecular weight excluding hydrogens is 258 g/mol. The zero-order valence-corrected chi connectivity index (χ0v) is 11.7. The molecule has 0 aliphatic rings. The highest BCUT2D eigenvalue weighted by molar-refractivity contribution is 5.91. The van der Waals surface area contributed by atoms with E-state index in [0.29, 0.717) is 12.2 Å². The normalized spacial score (nSPS) is 12.2. The molecule has 0 N–H and O–H groups in total. The topological polar surface area (TPSA) is 66.2 Å². The van der Waals surface area contributed by atoms with Gasteiger partial charge in [-0.3, -0.25) is 0 Å². The van der Waals surface area contributed by atoms with Crippen LogP contribution in [0.2, 0.25) is 0 Å². The van der Waals surface area contributed by atoms with E-state index < -0.39 is 0 Å². The van der Waals surface area contributed by atoms with Crippen LogP contribution in [0.4, 0.5) is 0 Å². The van der Waals surface area contributed by atoms with Crippen LogP contribution in [0.3, 0.4) is 0 Å². The molecule has 0 radical (unpaired) electrons. The van der Waals surface area contributed by atoms with Crippen molar-refractivity contribution in [3.05, 3.63) is 42.0 Å². The molecule has 0 amide bonds. The second-order valence-electron chi connectivity index (χ2n) is 4.51. The quantitative estimate of drug-likeness (QED) is 0.778. The van der Waals surface area contributed by atoms with Gasteiger partial charge in [-0.1, -0.05) is 0 Å². The Morgan fingerprint density at radius 1 is 1.45 bits per heavy atom. The first-order chi connectivity index (χ1) is 9.61. The fourth-order valence-corrected chi connectivity index (χ4v) is 1.88. The number of carbonyl (C=O) groups is 1. The number of carbonyl (C=O) groups excluding carboxylic acids is 1. The predicted molar refractivity (Wildman–Crippen MR) is 72.8 cm³/mol. The number of aryl methyl sites for hydroxylation is 1. The highest BCUT2D eigenvalue weighted by Gasteiger charge is 2.14. The molecule has 6 heteroatoms. The Labute approximate surface area is 117 Å². The lowest BCUT2D eigenvalue weighted by molar-refractivity contribution is 0.0119. The van der Waals surface area contributed by atoms with E-state index in [4.69, 9.17) is 9.47 Å². The van der Waals surface area contributed by atoms with Crippen LogP contribution in [-0.4, -0.2) is 40.6 Å². The summed E-state index contributed by atoms with van der Waals surface area (Å²) in [6, 6.07) is 5.40. The van der Waals surface area contributed by atoms with Crippen LogP contribution in [0, 0.1) is 6.92 Å². The Morgan fingerprint density at radius 3 is 2.85 bits per heavy atom. The van der Waals surface area contributed by atoms with Crippen LogP contribution in [0.5, 0.6) is 0 Å². The molecule has 20 heavy (non-hydrogen) atoms. The minimum atomic E-state index is -0.350. The Morgan fingerprint density at radius 2 is 2.25 bits per heavy atom. The number of ether oxygens (including phenoxy) is 2. The van der Waals surface area contributed by atoms with Crippen LogP contribution >= 0.6 is 0 Å². The van der Waals surface area contributed by atoms with Crippen LogP contribution < -0.4 is 0 Å². The number of benzene rings is 1. The minimum Gasteiger partial charge on any atom is -0.457 e. The van der Waals surface area contributed by atoms with Crippen LogP contribution in [-0.2, 0) is 9.47 Å². The molecule has 0 spiro atoms. The largest absolute Gasteiger partial charge is 0.457 e. The molecule has 2 aromatic rings. The average Bonchev–Trinajstić information content (AvgIpc) is 2.92. The zero-order chi connectivity index (χ0) is 14.5.